The molecule has 0 aromatic carbocycles. The Hall–Kier alpha value is -1.99. The Morgan fingerprint density at radius 2 is 0.908 bits per heavy atom. The number of hydrogen-bond acceptors (Lipinski definition) is 18. The number of nitrogens with one attached hydrogen (secondary N) is 1. The summed E-state index contributed by atoms with van der Waals surface area (Å²) in [6, 6.07) is -0.901. The zero-order valence-corrected chi connectivity index (χ0v) is 46.0. The fourth-order valence-electron chi connectivity index (χ4n) is 9.91. The molecule has 19 heteroatoms. The summed E-state index contributed by atoms with van der Waals surface area (Å²) in [6.45, 7) is 1.64. The van der Waals surface area contributed by atoms with E-state index in [2.05, 4.69) is 55.6 Å². The molecular formula is C57H103NO18. The number of amides is 1. The maximum atomic E-state index is 13.3. The molecule has 12 N–H and O–H groups in total. The van der Waals surface area contributed by atoms with E-state index in [1.165, 1.54) is 89.9 Å². The average molecular weight is 1090 g/mol. The van der Waals surface area contributed by atoms with Crippen molar-refractivity contribution < 1.29 is 89.4 Å². The molecular weight excluding hydrogens is 987 g/mol. The fraction of sp³-hybridized carbons (Fsp3) is 0.877. The SMILES string of the molecule is CC/C=C\C/C=C\C/C=C\CCCCCC(=O)NC(COC1OC(CO)C(OC2OC(CO)C(OC3OC(CO)C(O)C(O)C3O)C(O)C2O)C(O)C1O)C(O)CCCCCCCCCCCCCCCCCCCC. The number of unbranched alkanes of at least 4 members (excludes halogenated alkanes) is 20. The van der Waals surface area contributed by atoms with Gasteiger partial charge in [0, 0.05) is 6.42 Å². The molecule has 0 aliphatic carbocycles. The number of aliphatic hydroxyl groups excluding tert-OH is 11. The molecule has 3 heterocycles. The fourth-order valence-corrected chi connectivity index (χ4v) is 9.91. The molecule has 1 amide bonds. The zero-order chi connectivity index (χ0) is 55.5. The summed E-state index contributed by atoms with van der Waals surface area (Å²) >= 11 is 0. The van der Waals surface area contributed by atoms with Gasteiger partial charge < -0.3 is 89.9 Å². The monoisotopic (exact) mass is 1090 g/mol. The highest BCUT2D eigenvalue weighted by molar-refractivity contribution is 5.76. The van der Waals surface area contributed by atoms with Gasteiger partial charge in [-0.05, 0) is 44.9 Å². The molecule has 76 heavy (non-hydrogen) atoms. The predicted molar refractivity (Wildman–Crippen MR) is 286 cm³/mol. The van der Waals surface area contributed by atoms with E-state index in [1.54, 1.807) is 0 Å². The number of carbonyl (C=O) groups is 1. The van der Waals surface area contributed by atoms with E-state index in [0.717, 1.165) is 64.2 Å². The van der Waals surface area contributed by atoms with Crippen LogP contribution in [0.3, 0.4) is 0 Å². The minimum absolute atomic E-state index is 0.231. The second-order valence-corrected chi connectivity index (χ2v) is 21.1. The summed E-state index contributed by atoms with van der Waals surface area (Å²) in [4.78, 5) is 13.3. The second-order valence-electron chi connectivity index (χ2n) is 21.1. The van der Waals surface area contributed by atoms with Crippen LogP contribution in [0.4, 0.5) is 0 Å². The van der Waals surface area contributed by atoms with Crippen molar-refractivity contribution in [1.82, 2.24) is 5.32 Å². The van der Waals surface area contributed by atoms with Crippen LogP contribution < -0.4 is 5.32 Å². The molecule has 3 saturated heterocycles. The van der Waals surface area contributed by atoms with Crippen LogP contribution in [0.2, 0.25) is 0 Å². The summed E-state index contributed by atoms with van der Waals surface area (Å²) in [7, 11) is 0. The lowest BCUT2D eigenvalue weighted by Gasteiger charge is -2.48. The van der Waals surface area contributed by atoms with Crippen LogP contribution in [0.1, 0.15) is 187 Å². The number of ether oxygens (including phenoxy) is 6. The highest BCUT2D eigenvalue weighted by Gasteiger charge is 2.53. The number of rotatable bonds is 42. The molecule has 0 radical (unpaired) electrons. The van der Waals surface area contributed by atoms with Gasteiger partial charge in [-0.3, -0.25) is 4.79 Å². The average Bonchev–Trinajstić information content (AvgIpc) is 3.41. The largest absolute Gasteiger partial charge is 0.394 e. The van der Waals surface area contributed by atoms with E-state index < -0.39 is 124 Å². The summed E-state index contributed by atoms with van der Waals surface area (Å²) in [5.41, 5.74) is 0. The van der Waals surface area contributed by atoms with E-state index in [1.807, 2.05) is 0 Å². The number of aliphatic hydroxyl groups is 11. The normalized spacial score (nSPS) is 31.2. The summed E-state index contributed by atoms with van der Waals surface area (Å²) in [5.74, 6) is -0.273. The van der Waals surface area contributed by atoms with Crippen molar-refractivity contribution >= 4 is 5.91 Å². The highest BCUT2D eigenvalue weighted by atomic mass is 16.8. The molecule has 0 aromatic rings. The predicted octanol–water partition coefficient (Wildman–Crippen LogP) is 4.54. The molecule has 3 rings (SSSR count). The lowest BCUT2D eigenvalue weighted by Crippen LogP contribution is -2.66. The van der Waals surface area contributed by atoms with Gasteiger partial charge in [0.1, 0.15) is 73.2 Å². The third kappa shape index (κ3) is 25.2. The molecule has 3 fully saturated rings. The van der Waals surface area contributed by atoms with Gasteiger partial charge in [-0.1, -0.05) is 172 Å². The first-order valence-corrected chi connectivity index (χ1v) is 29.2. The van der Waals surface area contributed by atoms with Crippen molar-refractivity contribution in [3.63, 3.8) is 0 Å². The zero-order valence-electron chi connectivity index (χ0n) is 46.0. The second kappa shape index (κ2) is 41.1. The van der Waals surface area contributed by atoms with Gasteiger partial charge in [0.05, 0.1) is 38.6 Å². The van der Waals surface area contributed by atoms with Crippen LogP contribution in [-0.4, -0.2) is 193 Å². The topological polar surface area (TPSA) is 307 Å². The quantitative estimate of drug-likeness (QED) is 0.0295. The van der Waals surface area contributed by atoms with Crippen LogP contribution in [-0.2, 0) is 33.2 Å². The molecule has 19 nitrogen and oxygen atoms in total. The maximum absolute atomic E-state index is 13.3. The Morgan fingerprint density at radius 1 is 0.487 bits per heavy atom. The number of allylic oxidation sites excluding steroid dienone is 6. The van der Waals surface area contributed by atoms with Crippen molar-refractivity contribution in [2.24, 2.45) is 0 Å². The van der Waals surface area contributed by atoms with Crippen molar-refractivity contribution in [2.75, 3.05) is 26.4 Å². The van der Waals surface area contributed by atoms with Gasteiger partial charge in [0.15, 0.2) is 18.9 Å². The minimum atomic E-state index is -1.97. The van der Waals surface area contributed by atoms with Gasteiger partial charge in [0.2, 0.25) is 5.91 Å². The minimum Gasteiger partial charge on any atom is -0.394 e. The van der Waals surface area contributed by atoms with E-state index in [4.69, 9.17) is 28.4 Å². The first-order valence-electron chi connectivity index (χ1n) is 29.2. The van der Waals surface area contributed by atoms with Crippen LogP contribution in [0.25, 0.3) is 0 Å². The number of carbonyl (C=O) groups excluding carboxylic acids is 1. The van der Waals surface area contributed by atoms with Crippen molar-refractivity contribution in [3.8, 4) is 0 Å². The molecule has 0 bridgehead atoms. The van der Waals surface area contributed by atoms with E-state index in [0.29, 0.717) is 12.8 Å². The molecule has 17 atom stereocenters. The summed E-state index contributed by atoms with van der Waals surface area (Å²) < 4.78 is 34.2. The standard InChI is InChI=1S/C57H103NO18/c1-3-5-7-9-11-13-15-17-18-19-20-21-23-24-26-28-30-32-34-41(62)40(58-45(63)35-33-31-29-27-25-22-16-14-12-10-8-6-4-2)39-71-55-51(69)48(66)53(43(37-60)73-55)76-57-52(70)49(67)54(44(38-61)74-57)75-56-50(68)47(65)46(64)42(36-59)72-56/h6,8,12,14,22,25,40-44,46-57,59-62,64-70H,3-5,7,9-11,13,15-21,23-24,26-39H2,1-2H3,(H,58,63)/b8-6-,14-12-,25-22-. The molecule has 0 aromatic heterocycles. The first-order chi connectivity index (χ1) is 36.8. The van der Waals surface area contributed by atoms with E-state index >= 15 is 0 Å². The van der Waals surface area contributed by atoms with Gasteiger partial charge in [-0.15, -0.1) is 0 Å². The maximum Gasteiger partial charge on any atom is 0.220 e. The summed E-state index contributed by atoms with van der Waals surface area (Å²) in [5, 5.41) is 120. The summed E-state index contributed by atoms with van der Waals surface area (Å²) in [6.07, 6.45) is 15.2. The highest BCUT2D eigenvalue weighted by Crippen LogP contribution is 2.33. The molecule has 17 unspecified atom stereocenters. The number of hydrogen-bond donors (Lipinski definition) is 12. The van der Waals surface area contributed by atoms with E-state index in [9.17, 15) is 61.0 Å². The molecule has 0 saturated carbocycles. The molecule has 444 valence electrons. The molecule has 3 aliphatic heterocycles. The lowest BCUT2D eigenvalue weighted by atomic mass is 9.96. The van der Waals surface area contributed by atoms with Crippen LogP contribution >= 0.6 is 0 Å². The third-order valence-electron chi connectivity index (χ3n) is 14.7. The van der Waals surface area contributed by atoms with E-state index in [-0.39, 0.29) is 18.9 Å². The molecule has 3 aliphatic rings. The van der Waals surface area contributed by atoms with Crippen LogP contribution in [0, 0.1) is 0 Å². The lowest BCUT2D eigenvalue weighted by molar-refractivity contribution is -0.379. The van der Waals surface area contributed by atoms with Crippen LogP contribution in [0.15, 0.2) is 36.5 Å². The Balaban J connectivity index is 1.51. The van der Waals surface area contributed by atoms with Crippen LogP contribution in [0.5, 0.6) is 0 Å². The Kier molecular flexibility index (Phi) is 36.9. The Labute approximate surface area is 453 Å². The first kappa shape index (κ1) is 68.3. The Bertz CT molecular complexity index is 1540. The van der Waals surface area contributed by atoms with Gasteiger partial charge in [-0.25, -0.2) is 0 Å². The van der Waals surface area contributed by atoms with Gasteiger partial charge in [-0.2, -0.15) is 0 Å². The van der Waals surface area contributed by atoms with Gasteiger partial charge >= 0.3 is 0 Å². The third-order valence-corrected chi connectivity index (χ3v) is 14.7. The van der Waals surface area contributed by atoms with Crippen molar-refractivity contribution in [2.45, 2.75) is 291 Å². The Morgan fingerprint density at radius 3 is 1.41 bits per heavy atom. The van der Waals surface area contributed by atoms with Crippen molar-refractivity contribution in [1.29, 1.82) is 0 Å². The molecule has 0 spiro atoms. The van der Waals surface area contributed by atoms with Gasteiger partial charge in [0.25, 0.3) is 0 Å². The van der Waals surface area contributed by atoms with Crippen molar-refractivity contribution in [3.05, 3.63) is 36.5 Å². The smallest absolute Gasteiger partial charge is 0.220 e.